The SMILES string of the molecule is C[C@@H](CO)Nc1nc(Nc2ccc(Cl)cc2)cc(-c2ccccn2)n1. The summed E-state index contributed by atoms with van der Waals surface area (Å²) in [4.78, 5) is 13.3. The third-order valence-electron chi connectivity index (χ3n) is 3.42. The third-order valence-corrected chi connectivity index (χ3v) is 3.67. The summed E-state index contributed by atoms with van der Waals surface area (Å²) in [6, 6.07) is 14.6. The second-order valence-electron chi connectivity index (χ2n) is 5.54. The van der Waals surface area contributed by atoms with Gasteiger partial charge in [-0.05, 0) is 43.3 Å². The predicted octanol–water partition coefficient (Wildman–Crippen LogP) is 3.73. The number of aliphatic hydroxyl groups is 1. The van der Waals surface area contributed by atoms with Crippen LogP contribution in [0.25, 0.3) is 11.4 Å². The molecule has 0 bridgehead atoms. The normalized spacial score (nSPS) is 11.8. The maximum absolute atomic E-state index is 9.25. The summed E-state index contributed by atoms with van der Waals surface area (Å²) in [5.41, 5.74) is 2.28. The van der Waals surface area contributed by atoms with Gasteiger partial charge in [0.1, 0.15) is 5.82 Å². The summed E-state index contributed by atoms with van der Waals surface area (Å²) >= 11 is 5.92. The Kier molecular flexibility index (Phi) is 5.42. The van der Waals surface area contributed by atoms with Crippen LogP contribution in [0.15, 0.2) is 54.7 Å². The van der Waals surface area contributed by atoms with Crippen LogP contribution in [0, 0.1) is 0 Å². The summed E-state index contributed by atoms with van der Waals surface area (Å²) in [6.07, 6.45) is 1.72. The van der Waals surface area contributed by atoms with Crippen LogP contribution in [0.5, 0.6) is 0 Å². The van der Waals surface area contributed by atoms with Crippen molar-refractivity contribution in [2.45, 2.75) is 13.0 Å². The molecule has 25 heavy (non-hydrogen) atoms. The van der Waals surface area contributed by atoms with E-state index in [0.29, 0.717) is 22.5 Å². The molecule has 3 aromatic rings. The molecule has 1 aromatic carbocycles. The van der Waals surface area contributed by atoms with Crippen LogP contribution in [-0.4, -0.2) is 32.7 Å². The van der Waals surface area contributed by atoms with E-state index < -0.39 is 0 Å². The molecule has 0 saturated heterocycles. The highest BCUT2D eigenvalue weighted by Crippen LogP contribution is 2.23. The monoisotopic (exact) mass is 355 g/mol. The van der Waals surface area contributed by atoms with Gasteiger partial charge in [0, 0.05) is 29.0 Å². The molecular formula is C18H18ClN5O. The number of nitrogens with zero attached hydrogens (tertiary/aromatic N) is 3. The first kappa shape index (κ1) is 17.1. The number of hydrogen-bond donors (Lipinski definition) is 3. The number of benzene rings is 1. The van der Waals surface area contributed by atoms with Gasteiger partial charge in [-0.1, -0.05) is 17.7 Å². The molecule has 0 aliphatic heterocycles. The molecule has 2 aromatic heterocycles. The van der Waals surface area contributed by atoms with Crippen LogP contribution in [0.1, 0.15) is 6.92 Å². The van der Waals surface area contributed by atoms with Crippen molar-refractivity contribution in [3.63, 3.8) is 0 Å². The molecule has 6 nitrogen and oxygen atoms in total. The van der Waals surface area contributed by atoms with E-state index in [1.807, 2.05) is 43.3 Å². The Bertz CT molecular complexity index is 827. The van der Waals surface area contributed by atoms with Crippen molar-refractivity contribution in [1.29, 1.82) is 0 Å². The van der Waals surface area contributed by atoms with E-state index in [2.05, 4.69) is 25.6 Å². The Morgan fingerprint density at radius 1 is 1.08 bits per heavy atom. The van der Waals surface area contributed by atoms with Crippen molar-refractivity contribution >= 4 is 29.1 Å². The molecule has 0 saturated carbocycles. The number of hydrogen-bond acceptors (Lipinski definition) is 6. The van der Waals surface area contributed by atoms with Crippen molar-refractivity contribution in [3.8, 4) is 11.4 Å². The van der Waals surface area contributed by atoms with Gasteiger partial charge in [-0.3, -0.25) is 4.98 Å². The Morgan fingerprint density at radius 2 is 1.88 bits per heavy atom. The largest absolute Gasteiger partial charge is 0.394 e. The molecule has 0 unspecified atom stereocenters. The first-order valence-corrected chi connectivity index (χ1v) is 8.22. The van der Waals surface area contributed by atoms with Crippen molar-refractivity contribution in [2.24, 2.45) is 0 Å². The van der Waals surface area contributed by atoms with Crippen molar-refractivity contribution in [1.82, 2.24) is 15.0 Å². The Labute approximate surface area is 150 Å². The molecule has 128 valence electrons. The number of nitrogens with one attached hydrogen (secondary N) is 2. The fraction of sp³-hybridized carbons (Fsp3) is 0.167. The van der Waals surface area contributed by atoms with E-state index >= 15 is 0 Å². The van der Waals surface area contributed by atoms with E-state index in [9.17, 15) is 5.11 Å². The number of aliphatic hydroxyl groups excluding tert-OH is 1. The zero-order valence-corrected chi connectivity index (χ0v) is 14.4. The topological polar surface area (TPSA) is 83.0 Å². The van der Waals surface area contributed by atoms with E-state index in [-0.39, 0.29) is 12.6 Å². The second kappa shape index (κ2) is 7.92. The smallest absolute Gasteiger partial charge is 0.225 e. The van der Waals surface area contributed by atoms with Crippen LogP contribution in [0.4, 0.5) is 17.5 Å². The maximum atomic E-state index is 9.25. The molecule has 0 aliphatic carbocycles. The van der Waals surface area contributed by atoms with Crippen LogP contribution in [0.2, 0.25) is 5.02 Å². The average molecular weight is 356 g/mol. The lowest BCUT2D eigenvalue weighted by atomic mass is 10.2. The van der Waals surface area contributed by atoms with Gasteiger partial charge >= 0.3 is 0 Å². The molecule has 0 radical (unpaired) electrons. The Morgan fingerprint density at radius 3 is 2.56 bits per heavy atom. The summed E-state index contributed by atoms with van der Waals surface area (Å²) in [5.74, 6) is 1.03. The standard InChI is InChI=1S/C18H18ClN5O/c1-12(11-25)21-18-23-16(15-4-2-3-9-20-15)10-17(24-18)22-14-7-5-13(19)6-8-14/h2-10,12,25H,11H2,1H3,(H2,21,22,23,24)/t12-/m0/s1. The second-order valence-corrected chi connectivity index (χ2v) is 5.97. The minimum absolute atomic E-state index is 0.0167. The Hall–Kier alpha value is -2.70. The van der Waals surface area contributed by atoms with E-state index in [4.69, 9.17) is 11.6 Å². The molecule has 2 heterocycles. The number of rotatable bonds is 6. The highest BCUT2D eigenvalue weighted by molar-refractivity contribution is 6.30. The molecule has 0 amide bonds. The number of halogens is 1. The van der Waals surface area contributed by atoms with Crippen molar-refractivity contribution in [3.05, 3.63) is 59.8 Å². The quantitative estimate of drug-likeness (QED) is 0.625. The molecule has 0 aliphatic rings. The minimum Gasteiger partial charge on any atom is -0.394 e. The van der Waals surface area contributed by atoms with Gasteiger partial charge in [-0.2, -0.15) is 4.98 Å². The lowest BCUT2D eigenvalue weighted by Gasteiger charge is -2.14. The maximum Gasteiger partial charge on any atom is 0.225 e. The number of pyridine rings is 1. The predicted molar refractivity (Wildman–Crippen MR) is 100 cm³/mol. The zero-order valence-electron chi connectivity index (χ0n) is 13.6. The van der Waals surface area contributed by atoms with E-state index in [1.165, 1.54) is 0 Å². The molecule has 7 heteroatoms. The fourth-order valence-corrected chi connectivity index (χ4v) is 2.29. The van der Waals surface area contributed by atoms with Crippen LogP contribution in [-0.2, 0) is 0 Å². The van der Waals surface area contributed by atoms with E-state index in [0.717, 1.165) is 11.4 Å². The average Bonchev–Trinajstić information content (AvgIpc) is 2.64. The van der Waals surface area contributed by atoms with Gasteiger partial charge in [0.25, 0.3) is 0 Å². The number of anilines is 3. The van der Waals surface area contributed by atoms with Gasteiger partial charge in [0.15, 0.2) is 0 Å². The Balaban J connectivity index is 1.95. The van der Waals surface area contributed by atoms with Gasteiger partial charge in [-0.15, -0.1) is 0 Å². The van der Waals surface area contributed by atoms with Crippen molar-refractivity contribution < 1.29 is 5.11 Å². The first-order valence-electron chi connectivity index (χ1n) is 7.84. The highest BCUT2D eigenvalue weighted by atomic mass is 35.5. The molecule has 3 rings (SSSR count). The van der Waals surface area contributed by atoms with E-state index in [1.54, 1.807) is 18.3 Å². The molecular weight excluding hydrogens is 338 g/mol. The molecule has 1 atom stereocenters. The molecule has 0 fully saturated rings. The lowest BCUT2D eigenvalue weighted by Crippen LogP contribution is -2.21. The van der Waals surface area contributed by atoms with Gasteiger partial charge < -0.3 is 15.7 Å². The van der Waals surface area contributed by atoms with Gasteiger partial charge in [0.2, 0.25) is 5.95 Å². The summed E-state index contributed by atoms with van der Waals surface area (Å²) in [7, 11) is 0. The minimum atomic E-state index is -0.164. The van der Waals surface area contributed by atoms with Crippen LogP contribution in [0.3, 0.4) is 0 Å². The summed E-state index contributed by atoms with van der Waals surface area (Å²) in [6.45, 7) is 1.83. The van der Waals surface area contributed by atoms with Gasteiger partial charge in [-0.25, -0.2) is 4.98 Å². The summed E-state index contributed by atoms with van der Waals surface area (Å²) < 4.78 is 0. The summed E-state index contributed by atoms with van der Waals surface area (Å²) in [5, 5.41) is 16.2. The zero-order chi connectivity index (χ0) is 17.6. The highest BCUT2D eigenvalue weighted by Gasteiger charge is 2.10. The number of aromatic nitrogens is 3. The molecule has 0 spiro atoms. The lowest BCUT2D eigenvalue weighted by molar-refractivity contribution is 0.281. The third kappa shape index (κ3) is 4.65. The van der Waals surface area contributed by atoms with Gasteiger partial charge in [0.05, 0.1) is 18.0 Å². The van der Waals surface area contributed by atoms with Crippen molar-refractivity contribution in [2.75, 3.05) is 17.2 Å². The fourth-order valence-electron chi connectivity index (χ4n) is 2.17. The molecule has 3 N–H and O–H groups in total. The first-order chi connectivity index (χ1) is 12.1. The van der Waals surface area contributed by atoms with Crippen LogP contribution < -0.4 is 10.6 Å². The van der Waals surface area contributed by atoms with Crippen LogP contribution >= 0.6 is 11.6 Å².